The van der Waals surface area contributed by atoms with Gasteiger partial charge >= 0.3 is 0 Å². The Morgan fingerprint density at radius 1 is 1.25 bits per heavy atom. The van der Waals surface area contributed by atoms with E-state index >= 15 is 0 Å². The first-order valence-electron chi connectivity index (χ1n) is 5.60. The number of hydrogen-bond acceptors (Lipinski definition) is 7. The number of para-hydroxylation sites is 1. The Bertz CT molecular complexity index is 753. The van der Waals surface area contributed by atoms with Gasteiger partial charge in [0.05, 0.1) is 10.2 Å². The van der Waals surface area contributed by atoms with Crippen LogP contribution < -0.4 is 5.73 Å². The predicted molar refractivity (Wildman–Crippen MR) is 78.3 cm³/mol. The minimum absolute atomic E-state index is 0.0679. The zero-order chi connectivity index (χ0) is 13.9. The molecule has 0 amide bonds. The Morgan fingerprint density at radius 2 is 2.05 bits per heavy atom. The molecule has 6 nitrogen and oxygen atoms in total. The minimum atomic E-state index is -0.0679. The van der Waals surface area contributed by atoms with E-state index < -0.39 is 0 Å². The van der Waals surface area contributed by atoms with Crippen LogP contribution in [0.2, 0.25) is 0 Å². The third kappa shape index (κ3) is 2.43. The van der Waals surface area contributed by atoms with Gasteiger partial charge in [-0.15, -0.1) is 11.3 Å². The molecular formula is C12H9N5OS2. The highest BCUT2D eigenvalue weighted by molar-refractivity contribution is 8.01. The lowest BCUT2D eigenvalue weighted by Crippen LogP contribution is -2.16. The maximum atomic E-state index is 8.77. The van der Waals surface area contributed by atoms with E-state index in [4.69, 9.17) is 10.9 Å². The van der Waals surface area contributed by atoms with Crippen molar-refractivity contribution >= 4 is 39.2 Å². The molecule has 0 saturated carbocycles. The lowest BCUT2D eigenvalue weighted by atomic mass is 10.3. The molecule has 2 aromatic heterocycles. The van der Waals surface area contributed by atoms with Crippen molar-refractivity contribution in [1.29, 1.82) is 0 Å². The molecule has 0 fully saturated rings. The van der Waals surface area contributed by atoms with Gasteiger partial charge < -0.3 is 10.9 Å². The van der Waals surface area contributed by atoms with Crippen LogP contribution in [0.3, 0.4) is 0 Å². The molecule has 0 radical (unpaired) electrons. The highest BCUT2D eigenvalue weighted by Gasteiger charge is 2.13. The molecule has 20 heavy (non-hydrogen) atoms. The van der Waals surface area contributed by atoms with Gasteiger partial charge in [0.1, 0.15) is 10.7 Å². The summed E-state index contributed by atoms with van der Waals surface area (Å²) in [5, 5.41) is 12.3. The van der Waals surface area contributed by atoms with E-state index in [0.717, 1.165) is 14.6 Å². The molecule has 1 aromatic carbocycles. The van der Waals surface area contributed by atoms with Crippen LogP contribution in [0.25, 0.3) is 10.2 Å². The first kappa shape index (κ1) is 12.8. The second-order valence-electron chi connectivity index (χ2n) is 3.74. The Balaban J connectivity index is 1.99. The average Bonchev–Trinajstić information content (AvgIpc) is 2.89. The van der Waals surface area contributed by atoms with Crippen LogP contribution in [-0.2, 0) is 0 Å². The molecule has 100 valence electrons. The first-order chi connectivity index (χ1) is 9.78. The molecule has 0 saturated heterocycles. The van der Waals surface area contributed by atoms with Crippen molar-refractivity contribution in [3.63, 3.8) is 0 Å². The average molecular weight is 303 g/mol. The van der Waals surface area contributed by atoms with E-state index in [-0.39, 0.29) is 5.84 Å². The summed E-state index contributed by atoms with van der Waals surface area (Å²) in [6.45, 7) is 0. The number of fused-ring (bicyclic) bond motifs is 1. The van der Waals surface area contributed by atoms with Crippen molar-refractivity contribution in [2.24, 2.45) is 10.9 Å². The number of aromatic nitrogens is 3. The summed E-state index contributed by atoms with van der Waals surface area (Å²) in [6, 6.07) is 7.88. The first-order valence-corrected chi connectivity index (χ1v) is 7.23. The summed E-state index contributed by atoms with van der Waals surface area (Å²) in [6.07, 6.45) is 3.06. The number of benzene rings is 1. The fraction of sp³-hybridized carbons (Fsp3) is 0. The van der Waals surface area contributed by atoms with Crippen molar-refractivity contribution in [1.82, 2.24) is 15.0 Å². The number of oxime groups is 1. The van der Waals surface area contributed by atoms with Crippen molar-refractivity contribution < 1.29 is 5.21 Å². The van der Waals surface area contributed by atoms with E-state index in [2.05, 4.69) is 20.1 Å². The second kappa shape index (κ2) is 5.43. The lowest BCUT2D eigenvalue weighted by molar-refractivity contribution is 0.318. The van der Waals surface area contributed by atoms with Crippen LogP contribution in [0, 0.1) is 0 Å². The molecule has 8 heteroatoms. The molecule has 3 aromatic rings. The molecule has 0 bridgehead atoms. The summed E-state index contributed by atoms with van der Waals surface area (Å²) in [5.74, 6) is -0.0679. The van der Waals surface area contributed by atoms with Crippen LogP contribution in [0.1, 0.15) is 5.69 Å². The molecule has 0 spiro atoms. The van der Waals surface area contributed by atoms with Gasteiger partial charge in [0.2, 0.25) is 0 Å². The van der Waals surface area contributed by atoms with Gasteiger partial charge in [-0.3, -0.25) is 0 Å². The van der Waals surface area contributed by atoms with Gasteiger partial charge in [-0.05, 0) is 23.9 Å². The number of rotatable bonds is 3. The Morgan fingerprint density at radius 3 is 2.85 bits per heavy atom. The van der Waals surface area contributed by atoms with Crippen LogP contribution in [-0.4, -0.2) is 26.0 Å². The number of thiazole rings is 1. The smallest absolute Gasteiger partial charge is 0.191 e. The fourth-order valence-corrected chi connectivity index (χ4v) is 3.65. The Labute approximate surface area is 122 Å². The normalized spacial score (nSPS) is 11.9. The third-order valence-electron chi connectivity index (χ3n) is 2.47. The fourth-order valence-electron chi connectivity index (χ4n) is 1.60. The predicted octanol–water partition coefficient (Wildman–Crippen LogP) is 2.33. The zero-order valence-corrected chi connectivity index (χ0v) is 11.7. The number of nitrogens with two attached hydrogens (primary N) is 1. The maximum absolute atomic E-state index is 8.77. The SMILES string of the molecule is NC(=NO)c1nccnc1Sc1nc2ccccc2s1. The zero-order valence-electron chi connectivity index (χ0n) is 10.1. The molecule has 0 aliphatic rings. The van der Waals surface area contributed by atoms with Crippen molar-refractivity contribution in [3.05, 3.63) is 42.4 Å². The molecule has 0 aliphatic heterocycles. The second-order valence-corrected chi connectivity index (χ2v) is 6.01. The Kier molecular flexibility index (Phi) is 3.48. The maximum Gasteiger partial charge on any atom is 0.191 e. The van der Waals surface area contributed by atoms with Gasteiger partial charge in [0.15, 0.2) is 10.2 Å². The molecule has 0 unspecified atom stereocenters. The summed E-state index contributed by atoms with van der Waals surface area (Å²) >= 11 is 2.91. The summed E-state index contributed by atoms with van der Waals surface area (Å²) in [5.41, 5.74) is 6.88. The largest absolute Gasteiger partial charge is 0.409 e. The van der Waals surface area contributed by atoms with Crippen LogP contribution in [0.4, 0.5) is 0 Å². The van der Waals surface area contributed by atoms with E-state index in [0.29, 0.717) is 10.7 Å². The van der Waals surface area contributed by atoms with Crippen LogP contribution in [0.5, 0.6) is 0 Å². The minimum Gasteiger partial charge on any atom is -0.409 e. The summed E-state index contributed by atoms with van der Waals surface area (Å²) < 4.78 is 1.93. The standard InChI is InChI=1S/C12H9N5OS2/c13-10(17-18)9-11(15-6-5-14-9)20-12-16-7-3-1-2-4-8(7)19-12/h1-6,18H,(H2,13,17). The highest BCUT2D eigenvalue weighted by atomic mass is 32.2. The van der Waals surface area contributed by atoms with Gasteiger partial charge in [-0.2, -0.15) is 0 Å². The van der Waals surface area contributed by atoms with Crippen molar-refractivity contribution in [2.75, 3.05) is 0 Å². The topological polar surface area (TPSA) is 97.3 Å². The van der Waals surface area contributed by atoms with Gasteiger partial charge in [-0.25, -0.2) is 15.0 Å². The number of nitrogens with zero attached hydrogens (tertiary/aromatic N) is 4. The molecule has 2 heterocycles. The van der Waals surface area contributed by atoms with Crippen molar-refractivity contribution in [3.8, 4) is 0 Å². The molecule has 3 rings (SSSR count). The monoisotopic (exact) mass is 303 g/mol. The van der Waals surface area contributed by atoms with E-state index in [1.165, 1.54) is 18.0 Å². The van der Waals surface area contributed by atoms with Gasteiger partial charge in [-0.1, -0.05) is 17.3 Å². The van der Waals surface area contributed by atoms with E-state index in [1.807, 2.05) is 24.3 Å². The van der Waals surface area contributed by atoms with Gasteiger partial charge in [0.25, 0.3) is 0 Å². The molecule has 0 aliphatic carbocycles. The summed E-state index contributed by atoms with van der Waals surface area (Å²) in [4.78, 5) is 12.8. The van der Waals surface area contributed by atoms with Gasteiger partial charge in [0, 0.05) is 12.4 Å². The lowest BCUT2D eigenvalue weighted by Gasteiger charge is -2.02. The van der Waals surface area contributed by atoms with Crippen LogP contribution in [0.15, 0.2) is 51.2 Å². The van der Waals surface area contributed by atoms with E-state index in [1.54, 1.807) is 17.5 Å². The molecule has 3 N–H and O–H groups in total. The van der Waals surface area contributed by atoms with Crippen LogP contribution >= 0.6 is 23.1 Å². The highest BCUT2D eigenvalue weighted by Crippen LogP contribution is 2.34. The molecule has 0 atom stereocenters. The molecular weight excluding hydrogens is 294 g/mol. The Hall–Kier alpha value is -2.19. The van der Waals surface area contributed by atoms with Crippen molar-refractivity contribution in [2.45, 2.75) is 9.37 Å². The third-order valence-corrected chi connectivity index (χ3v) is 4.56. The quantitative estimate of drug-likeness (QED) is 0.333. The number of amidine groups is 1. The summed E-state index contributed by atoms with van der Waals surface area (Å²) in [7, 11) is 0. The van der Waals surface area contributed by atoms with E-state index in [9.17, 15) is 0 Å². The number of hydrogen-bond donors (Lipinski definition) is 2.